The normalized spacial score (nSPS) is 25.7. The van der Waals surface area contributed by atoms with Crippen LogP contribution in [0.25, 0.3) is 0 Å². The summed E-state index contributed by atoms with van der Waals surface area (Å²) in [6.45, 7) is 0. The van der Waals surface area contributed by atoms with Crippen molar-refractivity contribution in [3.63, 3.8) is 0 Å². The molecule has 0 aromatic heterocycles. The first kappa shape index (κ1) is 6.04. The number of hydrogen-bond acceptors (Lipinski definition) is 2. The third-order valence-corrected chi connectivity index (χ3v) is 5.80. The summed E-state index contributed by atoms with van der Waals surface area (Å²) in [7, 11) is 1.38. The second kappa shape index (κ2) is 3.05. The Kier molecular flexibility index (Phi) is 2.63. The predicted octanol–water partition coefficient (Wildman–Crippen LogP) is 0.505. The number of thioether (sulfide) groups is 2. The first-order chi connectivity index (χ1) is 3.39. The molecular weight excluding hydrogens is 140 g/mol. The molecule has 0 saturated carbocycles. The molecule has 0 bridgehead atoms. The monoisotopic (exact) mass is 150 g/mol. The number of hydrogen-bond donors (Lipinski definition) is 0. The molecule has 0 atom stereocenters. The van der Waals surface area contributed by atoms with Crippen LogP contribution >= 0.6 is 23.5 Å². The zero-order valence-corrected chi connectivity index (χ0v) is 8.15. The topological polar surface area (TPSA) is 0 Å². The van der Waals surface area contributed by atoms with Gasteiger partial charge in [-0.05, 0) is 17.9 Å². The molecule has 0 radical (unpaired) electrons. The van der Waals surface area contributed by atoms with E-state index in [1.54, 1.807) is 0 Å². The van der Waals surface area contributed by atoms with Gasteiger partial charge >= 0.3 is 0 Å². The molecule has 1 fully saturated rings. The minimum absolute atomic E-state index is 1.01. The van der Waals surface area contributed by atoms with Gasteiger partial charge in [-0.1, -0.05) is 0 Å². The lowest BCUT2D eigenvalue weighted by molar-refractivity contribution is 1.12. The van der Waals surface area contributed by atoms with Crippen LogP contribution in [0.15, 0.2) is 0 Å². The largest absolute Gasteiger partial charge is 0.152 e. The minimum Gasteiger partial charge on any atom is -0.152 e. The second-order valence-corrected chi connectivity index (χ2v) is 7.69. The van der Waals surface area contributed by atoms with Crippen LogP contribution in [0.2, 0.25) is 0 Å². The molecule has 0 N–H and O–H groups in total. The first-order valence-electron chi connectivity index (χ1n) is 2.63. The smallest absolute Gasteiger partial charge is 0.0325 e. The Labute approximate surface area is 56.2 Å². The molecule has 1 aliphatic heterocycles. The van der Waals surface area contributed by atoms with E-state index in [2.05, 4.69) is 23.5 Å². The van der Waals surface area contributed by atoms with Gasteiger partial charge in [0.25, 0.3) is 0 Å². The van der Waals surface area contributed by atoms with E-state index >= 15 is 0 Å². The van der Waals surface area contributed by atoms with Crippen LogP contribution in [0.5, 0.6) is 0 Å². The molecule has 0 nitrogen and oxygen atoms in total. The van der Waals surface area contributed by atoms with E-state index in [-0.39, 0.29) is 0 Å². The summed E-state index contributed by atoms with van der Waals surface area (Å²) in [6.07, 6.45) is 1.44. The van der Waals surface area contributed by atoms with Gasteiger partial charge in [-0.3, -0.25) is 0 Å². The van der Waals surface area contributed by atoms with Crippen molar-refractivity contribution in [3.05, 3.63) is 0 Å². The van der Waals surface area contributed by atoms with Crippen molar-refractivity contribution in [2.75, 3.05) is 11.5 Å². The Hall–Kier alpha value is 0.917. The van der Waals surface area contributed by atoms with E-state index in [9.17, 15) is 0 Å². The minimum atomic E-state index is 1.01. The lowest BCUT2D eigenvalue weighted by Crippen LogP contribution is -2.04. The van der Waals surface area contributed by atoms with E-state index in [1.165, 1.54) is 28.2 Å². The van der Waals surface area contributed by atoms with Gasteiger partial charge < -0.3 is 0 Å². The van der Waals surface area contributed by atoms with Crippen molar-refractivity contribution in [2.24, 2.45) is 0 Å². The van der Waals surface area contributed by atoms with Crippen molar-refractivity contribution in [2.45, 2.75) is 10.6 Å². The van der Waals surface area contributed by atoms with Crippen molar-refractivity contribution in [1.82, 2.24) is 0 Å². The van der Waals surface area contributed by atoms with Crippen molar-refractivity contribution < 1.29 is 0 Å². The van der Waals surface area contributed by atoms with Crippen LogP contribution in [0.3, 0.4) is 0 Å². The summed E-state index contributed by atoms with van der Waals surface area (Å²) in [6, 6.07) is 0. The third-order valence-electron chi connectivity index (χ3n) is 0.994. The summed E-state index contributed by atoms with van der Waals surface area (Å²) < 4.78 is 1.01. The first-order valence-corrected chi connectivity index (χ1v) is 5.88. The van der Waals surface area contributed by atoms with Crippen LogP contribution in [-0.2, 0) is 0 Å². The molecule has 0 aromatic carbocycles. The van der Waals surface area contributed by atoms with Gasteiger partial charge in [-0.15, -0.1) is 0 Å². The fourth-order valence-corrected chi connectivity index (χ4v) is 4.45. The van der Waals surface area contributed by atoms with E-state index in [0.717, 1.165) is 4.21 Å². The van der Waals surface area contributed by atoms with Crippen LogP contribution in [0, 0.1) is 0 Å². The van der Waals surface area contributed by atoms with Gasteiger partial charge in [0.1, 0.15) is 0 Å². The van der Waals surface area contributed by atoms with Crippen molar-refractivity contribution >= 4 is 33.8 Å². The van der Waals surface area contributed by atoms with Gasteiger partial charge in [0.05, 0.1) is 0 Å². The molecule has 0 aliphatic carbocycles. The maximum atomic E-state index is 2.14. The highest BCUT2D eigenvalue weighted by atomic mass is 32.2. The standard InChI is InChI=1S/C4H10S2Si/c7-4-5-2-1-3-6-4/h4H,1-3H2,7H3. The zero-order valence-electron chi connectivity index (χ0n) is 4.52. The Balaban J connectivity index is 2.12. The Morgan fingerprint density at radius 3 is 2.14 bits per heavy atom. The Bertz CT molecular complexity index is 51.7. The van der Waals surface area contributed by atoms with E-state index in [1.807, 2.05) is 0 Å². The molecular formula is C4H10S2Si. The summed E-state index contributed by atoms with van der Waals surface area (Å²) in [5.41, 5.74) is 0. The molecule has 0 unspecified atom stereocenters. The molecule has 1 heterocycles. The summed E-state index contributed by atoms with van der Waals surface area (Å²) in [4.78, 5) is 0. The average Bonchev–Trinajstić information content (AvgIpc) is 1.69. The lowest BCUT2D eigenvalue weighted by Gasteiger charge is -2.15. The number of rotatable bonds is 0. The van der Waals surface area contributed by atoms with Crippen molar-refractivity contribution in [3.8, 4) is 0 Å². The Morgan fingerprint density at radius 1 is 1.29 bits per heavy atom. The van der Waals surface area contributed by atoms with E-state index in [0.29, 0.717) is 0 Å². The zero-order chi connectivity index (χ0) is 5.11. The average molecular weight is 150 g/mol. The molecule has 0 aromatic rings. The van der Waals surface area contributed by atoms with Gasteiger partial charge in [-0.2, -0.15) is 23.5 Å². The van der Waals surface area contributed by atoms with Crippen LogP contribution in [0.1, 0.15) is 6.42 Å². The van der Waals surface area contributed by atoms with Crippen LogP contribution < -0.4 is 0 Å². The maximum absolute atomic E-state index is 2.14. The summed E-state index contributed by atoms with van der Waals surface area (Å²) in [5, 5.41) is 0. The third kappa shape index (κ3) is 2.10. The van der Waals surface area contributed by atoms with Gasteiger partial charge in [0.2, 0.25) is 0 Å². The second-order valence-electron chi connectivity index (χ2n) is 1.66. The molecule has 7 heavy (non-hydrogen) atoms. The maximum Gasteiger partial charge on any atom is 0.0325 e. The Morgan fingerprint density at radius 2 is 1.86 bits per heavy atom. The fourth-order valence-electron chi connectivity index (χ4n) is 0.606. The SMILES string of the molecule is [SiH3]C1SCCCS1. The van der Waals surface area contributed by atoms with Gasteiger partial charge in [0.15, 0.2) is 0 Å². The quantitative estimate of drug-likeness (QED) is 0.461. The predicted molar refractivity (Wildman–Crippen MR) is 43.3 cm³/mol. The highest BCUT2D eigenvalue weighted by Crippen LogP contribution is 2.27. The van der Waals surface area contributed by atoms with Gasteiger partial charge in [0, 0.05) is 14.4 Å². The highest BCUT2D eigenvalue weighted by Gasteiger charge is 2.06. The van der Waals surface area contributed by atoms with E-state index < -0.39 is 0 Å². The molecule has 1 aliphatic rings. The lowest BCUT2D eigenvalue weighted by atomic mass is 10.6. The van der Waals surface area contributed by atoms with Crippen molar-refractivity contribution in [1.29, 1.82) is 0 Å². The fraction of sp³-hybridized carbons (Fsp3) is 1.00. The van der Waals surface area contributed by atoms with Crippen LogP contribution in [-0.4, -0.2) is 26.0 Å². The molecule has 42 valence electrons. The van der Waals surface area contributed by atoms with Crippen LogP contribution in [0.4, 0.5) is 0 Å². The summed E-state index contributed by atoms with van der Waals surface area (Å²) in [5.74, 6) is 2.84. The highest BCUT2D eigenvalue weighted by molar-refractivity contribution is 8.19. The molecule has 3 heteroatoms. The molecule has 0 amide bonds. The molecule has 1 saturated heterocycles. The summed E-state index contributed by atoms with van der Waals surface area (Å²) >= 11 is 4.29. The van der Waals surface area contributed by atoms with Gasteiger partial charge in [-0.25, -0.2) is 0 Å². The molecule has 1 rings (SSSR count). The van der Waals surface area contributed by atoms with E-state index in [4.69, 9.17) is 0 Å². The molecule has 0 spiro atoms.